The van der Waals surface area contributed by atoms with Crippen LogP contribution >= 0.6 is 11.6 Å². The minimum absolute atomic E-state index is 0.00423. The number of aryl methyl sites for hydroxylation is 1. The fourth-order valence-corrected chi connectivity index (χ4v) is 2.92. The predicted octanol–water partition coefficient (Wildman–Crippen LogP) is 4.79. The van der Waals surface area contributed by atoms with Crippen LogP contribution in [0.2, 0.25) is 5.02 Å². The van der Waals surface area contributed by atoms with Gasteiger partial charge in [0.05, 0.1) is 23.7 Å². The fourth-order valence-electron chi connectivity index (χ4n) is 2.69. The third kappa shape index (κ3) is 5.58. The van der Waals surface area contributed by atoms with Gasteiger partial charge in [-0.3, -0.25) is 9.69 Å². The SMILES string of the molecule is Cc1ccc(-c2noc(CN(C)CC(=O)Nc3ccc(Cl)c(C(F)(F)F)c3)n2)cc1. The van der Waals surface area contributed by atoms with Crippen molar-refractivity contribution in [3.8, 4) is 11.4 Å². The molecule has 10 heteroatoms. The van der Waals surface area contributed by atoms with E-state index >= 15 is 0 Å². The number of benzene rings is 2. The summed E-state index contributed by atoms with van der Waals surface area (Å²) in [4.78, 5) is 18.1. The maximum atomic E-state index is 12.9. The fraction of sp³-hybridized carbons (Fsp3) is 0.250. The van der Waals surface area contributed by atoms with Crippen molar-refractivity contribution in [2.75, 3.05) is 18.9 Å². The number of anilines is 1. The summed E-state index contributed by atoms with van der Waals surface area (Å²) in [6, 6.07) is 10.8. The Morgan fingerprint density at radius 3 is 2.57 bits per heavy atom. The summed E-state index contributed by atoms with van der Waals surface area (Å²) >= 11 is 5.58. The van der Waals surface area contributed by atoms with Crippen LogP contribution in [-0.4, -0.2) is 34.5 Å². The molecule has 0 unspecified atom stereocenters. The first-order valence-electron chi connectivity index (χ1n) is 8.86. The number of amides is 1. The number of carbonyl (C=O) groups is 1. The van der Waals surface area contributed by atoms with Crippen LogP contribution in [0.4, 0.5) is 18.9 Å². The lowest BCUT2D eigenvalue weighted by Gasteiger charge is -2.15. The summed E-state index contributed by atoms with van der Waals surface area (Å²) in [5.41, 5.74) is 0.907. The Balaban J connectivity index is 1.58. The van der Waals surface area contributed by atoms with E-state index in [2.05, 4.69) is 15.5 Å². The van der Waals surface area contributed by atoms with Gasteiger partial charge in [-0.2, -0.15) is 18.2 Å². The molecule has 0 fully saturated rings. The van der Waals surface area contributed by atoms with Crippen molar-refractivity contribution in [2.45, 2.75) is 19.6 Å². The molecule has 30 heavy (non-hydrogen) atoms. The van der Waals surface area contributed by atoms with Crippen LogP contribution in [-0.2, 0) is 17.5 Å². The summed E-state index contributed by atoms with van der Waals surface area (Å²) in [6.07, 6.45) is -4.61. The van der Waals surface area contributed by atoms with Gasteiger partial charge >= 0.3 is 6.18 Å². The lowest BCUT2D eigenvalue weighted by atomic mass is 10.1. The van der Waals surface area contributed by atoms with Gasteiger partial charge in [0, 0.05) is 11.3 Å². The van der Waals surface area contributed by atoms with Gasteiger partial charge < -0.3 is 9.84 Å². The number of alkyl halides is 3. The van der Waals surface area contributed by atoms with Crippen molar-refractivity contribution >= 4 is 23.2 Å². The number of nitrogens with zero attached hydrogens (tertiary/aromatic N) is 3. The summed E-state index contributed by atoms with van der Waals surface area (Å²) < 4.78 is 44.0. The van der Waals surface area contributed by atoms with Crippen molar-refractivity contribution in [3.63, 3.8) is 0 Å². The summed E-state index contributed by atoms with van der Waals surface area (Å²) in [6.45, 7) is 2.08. The molecule has 0 saturated heterocycles. The molecule has 6 nitrogen and oxygen atoms in total. The van der Waals surface area contributed by atoms with Crippen molar-refractivity contribution in [2.24, 2.45) is 0 Å². The molecule has 3 rings (SSSR count). The maximum Gasteiger partial charge on any atom is 0.417 e. The highest BCUT2D eigenvalue weighted by Crippen LogP contribution is 2.36. The highest BCUT2D eigenvalue weighted by atomic mass is 35.5. The van der Waals surface area contributed by atoms with E-state index in [0.29, 0.717) is 11.7 Å². The molecule has 0 spiro atoms. The van der Waals surface area contributed by atoms with E-state index in [1.807, 2.05) is 31.2 Å². The first-order chi connectivity index (χ1) is 14.1. The van der Waals surface area contributed by atoms with E-state index < -0.39 is 22.7 Å². The molecule has 3 aromatic rings. The first kappa shape index (κ1) is 21.8. The zero-order chi connectivity index (χ0) is 21.9. The Labute approximate surface area is 175 Å². The average molecular weight is 439 g/mol. The van der Waals surface area contributed by atoms with Crippen LogP contribution in [0.15, 0.2) is 47.0 Å². The molecule has 158 valence electrons. The van der Waals surface area contributed by atoms with Crippen LogP contribution in [0, 0.1) is 6.92 Å². The van der Waals surface area contributed by atoms with Gasteiger partial charge in [-0.1, -0.05) is 46.6 Å². The van der Waals surface area contributed by atoms with Crippen LogP contribution in [0.3, 0.4) is 0 Å². The molecule has 1 N–H and O–H groups in total. The number of halogens is 4. The molecule has 1 aromatic heterocycles. The average Bonchev–Trinajstić information content (AvgIpc) is 3.11. The largest absolute Gasteiger partial charge is 0.417 e. The van der Waals surface area contributed by atoms with E-state index in [0.717, 1.165) is 23.3 Å². The molecule has 0 saturated carbocycles. The lowest BCUT2D eigenvalue weighted by Crippen LogP contribution is -2.30. The topological polar surface area (TPSA) is 71.3 Å². The third-order valence-electron chi connectivity index (χ3n) is 4.15. The molecule has 0 radical (unpaired) electrons. The van der Waals surface area contributed by atoms with E-state index in [4.69, 9.17) is 16.1 Å². The molecular formula is C20H18ClF3N4O2. The predicted molar refractivity (Wildman–Crippen MR) is 106 cm³/mol. The Hall–Kier alpha value is -2.91. The van der Waals surface area contributed by atoms with Gasteiger partial charge in [-0.15, -0.1) is 0 Å². The van der Waals surface area contributed by atoms with E-state index in [-0.39, 0.29) is 18.8 Å². The molecule has 0 atom stereocenters. The Morgan fingerprint density at radius 1 is 1.20 bits per heavy atom. The van der Waals surface area contributed by atoms with Crippen LogP contribution in [0.5, 0.6) is 0 Å². The molecule has 0 aliphatic rings. The number of nitrogens with one attached hydrogen (secondary N) is 1. The molecular weight excluding hydrogens is 421 g/mol. The number of likely N-dealkylation sites (N-methyl/N-ethyl adjacent to an activating group) is 1. The maximum absolute atomic E-state index is 12.9. The second kappa shape index (κ2) is 8.85. The lowest BCUT2D eigenvalue weighted by molar-refractivity contribution is -0.137. The number of rotatable bonds is 6. The van der Waals surface area contributed by atoms with Gasteiger partial charge in [-0.05, 0) is 32.2 Å². The Bertz CT molecular complexity index is 1040. The molecule has 0 aliphatic heterocycles. The van der Waals surface area contributed by atoms with E-state index in [1.165, 1.54) is 6.07 Å². The van der Waals surface area contributed by atoms with Gasteiger partial charge in [-0.25, -0.2) is 0 Å². The number of carbonyl (C=O) groups excluding carboxylic acids is 1. The van der Waals surface area contributed by atoms with Crippen LogP contribution in [0.25, 0.3) is 11.4 Å². The second-order valence-electron chi connectivity index (χ2n) is 6.79. The van der Waals surface area contributed by atoms with Crippen molar-refractivity contribution in [1.82, 2.24) is 15.0 Å². The van der Waals surface area contributed by atoms with Crippen molar-refractivity contribution in [1.29, 1.82) is 0 Å². The summed E-state index contributed by atoms with van der Waals surface area (Å²) in [7, 11) is 1.65. The molecule has 0 aliphatic carbocycles. The van der Waals surface area contributed by atoms with Gasteiger partial charge in [0.25, 0.3) is 0 Å². The minimum atomic E-state index is -4.61. The quantitative estimate of drug-likeness (QED) is 0.599. The van der Waals surface area contributed by atoms with E-state index in [1.54, 1.807) is 11.9 Å². The van der Waals surface area contributed by atoms with E-state index in [9.17, 15) is 18.0 Å². The standard InChI is InChI=1S/C20H18ClF3N4O2/c1-12-3-5-13(6-4-12)19-26-18(30-27-19)11-28(2)10-17(29)25-14-7-8-16(21)15(9-14)20(22,23)24/h3-9H,10-11H2,1-2H3,(H,25,29). The van der Waals surface area contributed by atoms with Gasteiger partial charge in [0.15, 0.2) is 0 Å². The normalized spacial score (nSPS) is 11.7. The highest BCUT2D eigenvalue weighted by Gasteiger charge is 2.33. The van der Waals surface area contributed by atoms with Crippen LogP contribution in [0.1, 0.15) is 17.0 Å². The second-order valence-corrected chi connectivity index (χ2v) is 7.20. The van der Waals surface area contributed by atoms with Gasteiger partial charge in [0.1, 0.15) is 0 Å². The van der Waals surface area contributed by atoms with Crippen molar-refractivity contribution in [3.05, 3.63) is 64.5 Å². The number of hydrogen-bond acceptors (Lipinski definition) is 5. The zero-order valence-corrected chi connectivity index (χ0v) is 16.9. The molecule has 1 heterocycles. The van der Waals surface area contributed by atoms with Crippen molar-refractivity contribution < 1.29 is 22.5 Å². The number of hydrogen-bond donors (Lipinski definition) is 1. The summed E-state index contributed by atoms with van der Waals surface area (Å²) in [5, 5.41) is 5.92. The molecule has 0 bridgehead atoms. The third-order valence-corrected chi connectivity index (χ3v) is 4.48. The highest BCUT2D eigenvalue weighted by molar-refractivity contribution is 6.31. The Kier molecular flexibility index (Phi) is 6.42. The monoisotopic (exact) mass is 438 g/mol. The summed E-state index contributed by atoms with van der Waals surface area (Å²) in [5.74, 6) is 0.252. The number of aromatic nitrogens is 2. The molecule has 2 aromatic carbocycles. The minimum Gasteiger partial charge on any atom is -0.338 e. The van der Waals surface area contributed by atoms with Crippen LogP contribution < -0.4 is 5.32 Å². The molecule has 1 amide bonds. The first-order valence-corrected chi connectivity index (χ1v) is 9.24. The Morgan fingerprint density at radius 2 is 1.90 bits per heavy atom. The smallest absolute Gasteiger partial charge is 0.338 e. The zero-order valence-electron chi connectivity index (χ0n) is 16.1. The van der Waals surface area contributed by atoms with Gasteiger partial charge in [0.2, 0.25) is 17.6 Å².